The molecule has 0 saturated heterocycles. The average Bonchev–Trinajstić information content (AvgIpc) is 3.03. The first-order valence-corrected chi connectivity index (χ1v) is 8.74. The number of rotatable bonds is 5. The van der Waals surface area contributed by atoms with Crippen LogP contribution in [0.4, 0.5) is 20.0 Å². The van der Waals surface area contributed by atoms with E-state index in [1.54, 1.807) is 12.1 Å². The Kier molecular flexibility index (Phi) is 5.65. The smallest absolute Gasteiger partial charge is 0.325 e. The molecule has 0 saturated carbocycles. The molecule has 26 heavy (non-hydrogen) atoms. The number of aromatic nitrogens is 2. The molecule has 0 fully saturated rings. The number of nitrogens with one attached hydrogen (secondary N) is 2. The van der Waals surface area contributed by atoms with Crippen molar-refractivity contribution in [1.82, 2.24) is 10.2 Å². The van der Waals surface area contributed by atoms with Gasteiger partial charge in [-0.25, -0.2) is 9.18 Å². The van der Waals surface area contributed by atoms with Crippen molar-refractivity contribution in [2.75, 3.05) is 10.6 Å². The fraction of sp³-hybridized carbons (Fsp3) is 0.118. The van der Waals surface area contributed by atoms with Crippen molar-refractivity contribution < 1.29 is 13.9 Å². The first kappa shape index (κ1) is 18.1. The van der Waals surface area contributed by atoms with E-state index in [4.69, 9.17) is 16.3 Å². The summed E-state index contributed by atoms with van der Waals surface area (Å²) >= 11 is 7.11. The van der Waals surface area contributed by atoms with Crippen molar-refractivity contribution in [1.29, 1.82) is 0 Å². The second-order valence-corrected chi connectivity index (χ2v) is 6.78. The second-order valence-electron chi connectivity index (χ2n) is 5.29. The third-order valence-corrected chi connectivity index (χ3v) is 4.32. The highest BCUT2D eigenvalue weighted by molar-refractivity contribution is 7.15. The molecule has 0 atom stereocenters. The van der Waals surface area contributed by atoms with Gasteiger partial charge >= 0.3 is 6.03 Å². The molecular formula is C17H14ClFN4O2S. The maximum atomic E-state index is 12.9. The first-order valence-electron chi connectivity index (χ1n) is 7.54. The number of aryl methyl sites for hydroxylation is 1. The monoisotopic (exact) mass is 392 g/mol. The van der Waals surface area contributed by atoms with Gasteiger partial charge in [0, 0.05) is 10.7 Å². The fourth-order valence-corrected chi connectivity index (χ4v) is 2.94. The summed E-state index contributed by atoms with van der Waals surface area (Å²) in [6, 6.07) is 10.3. The van der Waals surface area contributed by atoms with Crippen LogP contribution in [0.1, 0.15) is 10.6 Å². The third kappa shape index (κ3) is 4.90. The van der Waals surface area contributed by atoms with E-state index in [0.717, 1.165) is 5.56 Å². The van der Waals surface area contributed by atoms with Crippen molar-refractivity contribution in [3.63, 3.8) is 0 Å². The van der Waals surface area contributed by atoms with E-state index < -0.39 is 6.03 Å². The maximum Gasteiger partial charge on any atom is 0.325 e. The zero-order valence-electron chi connectivity index (χ0n) is 13.6. The average molecular weight is 393 g/mol. The van der Waals surface area contributed by atoms with Gasteiger partial charge in [-0.05, 0) is 55.0 Å². The van der Waals surface area contributed by atoms with E-state index in [1.807, 2.05) is 13.0 Å². The second kappa shape index (κ2) is 8.11. The van der Waals surface area contributed by atoms with Gasteiger partial charge in [0.1, 0.15) is 18.2 Å². The van der Waals surface area contributed by atoms with Crippen molar-refractivity contribution in [3.8, 4) is 5.75 Å². The Hall–Kier alpha value is -2.71. The lowest BCUT2D eigenvalue weighted by atomic mass is 10.2. The number of ether oxygens (including phenoxy) is 1. The summed E-state index contributed by atoms with van der Waals surface area (Å²) in [4.78, 5) is 11.9. The largest absolute Gasteiger partial charge is 0.486 e. The summed E-state index contributed by atoms with van der Waals surface area (Å²) in [5.74, 6) is 0.328. The Balaban J connectivity index is 1.54. The topological polar surface area (TPSA) is 76.1 Å². The van der Waals surface area contributed by atoms with Gasteiger partial charge in [0.15, 0.2) is 5.01 Å². The summed E-state index contributed by atoms with van der Waals surface area (Å²) in [7, 11) is 0. The predicted octanol–water partition coefficient (Wildman–Crippen LogP) is 4.86. The minimum atomic E-state index is -0.492. The summed E-state index contributed by atoms with van der Waals surface area (Å²) in [6.45, 7) is 2.12. The van der Waals surface area contributed by atoms with Gasteiger partial charge in [-0.1, -0.05) is 22.9 Å². The highest BCUT2D eigenvalue weighted by Crippen LogP contribution is 2.24. The van der Waals surface area contributed by atoms with Gasteiger partial charge in [-0.2, -0.15) is 0 Å². The van der Waals surface area contributed by atoms with Crippen LogP contribution in [-0.4, -0.2) is 16.2 Å². The van der Waals surface area contributed by atoms with E-state index in [9.17, 15) is 9.18 Å². The quantitative estimate of drug-likeness (QED) is 0.650. The van der Waals surface area contributed by atoms with Crippen LogP contribution < -0.4 is 15.4 Å². The molecule has 2 N–H and O–H groups in total. The lowest BCUT2D eigenvalue weighted by Crippen LogP contribution is -2.19. The van der Waals surface area contributed by atoms with Crippen molar-refractivity contribution in [3.05, 3.63) is 63.9 Å². The zero-order valence-corrected chi connectivity index (χ0v) is 15.2. The molecular weight excluding hydrogens is 379 g/mol. The number of hydrogen-bond acceptors (Lipinski definition) is 5. The molecule has 1 heterocycles. The van der Waals surface area contributed by atoms with Gasteiger partial charge in [0.2, 0.25) is 5.13 Å². The lowest BCUT2D eigenvalue weighted by Gasteiger charge is -2.07. The minimum Gasteiger partial charge on any atom is -0.486 e. The Morgan fingerprint density at radius 3 is 2.69 bits per heavy atom. The third-order valence-electron chi connectivity index (χ3n) is 3.28. The molecule has 0 unspecified atom stereocenters. The van der Waals surface area contributed by atoms with Crippen LogP contribution in [0.15, 0.2) is 42.5 Å². The first-order chi connectivity index (χ1) is 12.5. The Morgan fingerprint density at radius 1 is 1.19 bits per heavy atom. The predicted molar refractivity (Wildman–Crippen MR) is 99.5 cm³/mol. The van der Waals surface area contributed by atoms with Crippen LogP contribution in [0, 0.1) is 12.7 Å². The Labute approximate surface area is 158 Å². The highest BCUT2D eigenvalue weighted by atomic mass is 35.5. The van der Waals surface area contributed by atoms with Gasteiger partial charge in [0.25, 0.3) is 0 Å². The minimum absolute atomic E-state index is 0.224. The number of nitrogens with zero attached hydrogens (tertiary/aromatic N) is 2. The van der Waals surface area contributed by atoms with E-state index in [0.29, 0.717) is 26.6 Å². The number of halogens is 2. The fourth-order valence-electron chi connectivity index (χ4n) is 2.07. The molecule has 0 aliphatic heterocycles. The molecule has 0 spiro atoms. The molecule has 0 bridgehead atoms. The molecule has 3 rings (SSSR count). The molecule has 9 heteroatoms. The lowest BCUT2D eigenvalue weighted by molar-refractivity contribution is 0.262. The molecule has 2 aromatic carbocycles. The van der Waals surface area contributed by atoms with Gasteiger partial charge in [-0.3, -0.25) is 5.32 Å². The van der Waals surface area contributed by atoms with Gasteiger partial charge in [-0.15, -0.1) is 10.2 Å². The summed E-state index contributed by atoms with van der Waals surface area (Å²) in [5.41, 5.74) is 1.38. The highest BCUT2D eigenvalue weighted by Gasteiger charge is 2.10. The number of carbonyl (C=O) groups is 1. The van der Waals surface area contributed by atoms with E-state index in [1.165, 1.54) is 35.6 Å². The van der Waals surface area contributed by atoms with Crippen LogP contribution in [0.3, 0.4) is 0 Å². The summed E-state index contributed by atoms with van der Waals surface area (Å²) in [6.07, 6.45) is 0. The standard InChI is InChI=1S/C17H14ClFN4O2S/c1-10-8-11(18)2-7-14(10)25-9-15-22-23-17(26-15)21-16(24)20-13-5-3-12(19)4-6-13/h2-8H,9H2,1H3,(H2,20,21,23,24). The van der Waals surface area contributed by atoms with Crippen molar-refractivity contribution in [2.24, 2.45) is 0 Å². The maximum absolute atomic E-state index is 12.9. The molecule has 2 amide bonds. The Bertz CT molecular complexity index is 917. The SMILES string of the molecule is Cc1cc(Cl)ccc1OCc1nnc(NC(=O)Nc2ccc(F)cc2)s1. The van der Waals surface area contributed by atoms with Crippen molar-refractivity contribution >= 4 is 39.8 Å². The molecule has 1 aromatic heterocycles. The van der Waals surface area contributed by atoms with E-state index in [2.05, 4.69) is 20.8 Å². The number of anilines is 2. The number of urea groups is 1. The number of carbonyl (C=O) groups excluding carboxylic acids is 1. The van der Waals surface area contributed by atoms with Crippen LogP contribution >= 0.6 is 22.9 Å². The molecule has 0 aliphatic carbocycles. The molecule has 0 radical (unpaired) electrons. The van der Waals surface area contributed by atoms with Crippen LogP contribution in [0.2, 0.25) is 5.02 Å². The van der Waals surface area contributed by atoms with Crippen LogP contribution in [0.25, 0.3) is 0 Å². The van der Waals surface area contributed by atoms with E-state index >= 15 is 0 Å². The van der Waals surface area contributed by atoms with Gasteiger partial charge < -0.3 is 10.1 Å². The molecule has 3 aromatic rings. The molecule has 0 aliphatic rings. The Morgan fingerprint density at radius 2 is 1.96 bits per heavy atom. The normalized spacial score (nSPS) is 10.4. The van der Waals surface area contributed by atoms with E-state index in [-0.39, 0.29) is 12.4 Å². The zero-order chi connectivity index (χ0) is 18.5. The number of hydrogen-bond donors (Lipinski definition) is 2. The van der Waals surface area contributed by atoms with Crippen LogP contribution in [-0.2, 0) is 6.61 Å². The molecule has 134 valence electrons. The number of amides is 2. The van der Waals surface area contributed by atoms with Gasteiger partial charge in [0.05, 0.1) is 0 Å². The molecule has 6 nitrogen and oxygen atoms in total. The summed E-state index contributed by atoms with van der Waals surface area (Å²) < 4.78 is 18.5. The van der Waals surface area contributed by atoms with Crippen LogP contribution in [0.5, 0.6) is 5.75 Å². The van der Waals surface area contributed by atoms with Crippen molar-refractivity contribution in [2.45, 2.75) is 13.5 Å². The number of benzene rings is 2. The summed E-state index contributed by atoms with van der Waals surface area (Å²) in [5, 5.41) is 14.6.